The number of hydrogen-bond acceptors (Lipinski definition) is 4. The van der Waals surface area contributed by atoms with Gasteiger partial charge in [0.25, 0.3) is 0 Å². The molecule has 0 saturated carbocycles. The zero-order valence-corrected chi connectivity index (χ0v) is 16.7. The van der Waals surface area contributed by atoms with Crippen molar-refractivity contribution >= 4 is 5.96 Å². The maximum absolute atomic E-state index is 5.77. The molecule has 27 heavy (non-hydrogen) atoms. The Morgan fingerprint density at radius 2 is 2.07 bits per heavy atom. The molecule has 2 aliphatic rings. The second kappa shape index (κ2) is 10.5. The number of benzene rings is 1. The van der Waals surface area contributed by atoms with Crippen LogP contribution in [0.4, 0.5) is 0 Å². The lowest BCUT2D eigenvalue weighted by Crippen LogP contribution is -2.42. The molecule has 6 nitrogen and oxygen atoms in total. The van der Waals surface area contributed by atoms with Crippen LogP contribution >= 0.6 is 0 Å². The van der Waals surface area contributed by atoms with Crippen molar-refractivity contribution in [1.82, 2.24) is 15.5 Å². The number of hydrogen-bond donors (Lipinski definition) is 2. The van der Waals surface area contributed by atoms with Crippen LogP contribution in [-0.2, 0) is 4.74 Å². The van der Waals surface area contributed by atoms with E-state index in [4.69, 9.17) is 14.5 Å². The normalized spacial score (nSPS) is 21.4. The molecule has 0 aromatic heterocycles. The highest BCUT2D eigenvalue weighted by molar-refractivity contribution is 5.80. The van der Waals surface area contributed by atoms with Crippen LogP contribution < -0.4 is 15.4 Å². The Hall–Kier alpha value is -1.79. The van der Waals surface area contributed by atoms with E-state index in [1.54, 1.807) is 7.11 Å². The van der Waals surface area contributed by atoms with Crippen molar-refractivity contribution in [2.24, 2.45) is 10.9 Å². The molecule has 2 N–H and O–H groups in total. The first-order valence-electron chi connectivity index (χ1n) is 10.3. The number of nitrogens with zero attached hydrogens (tertiary/aromatic N) is 2. The van der Waals surface area contributed by atoms with Gasteiger partial charge in [0.1, 0.15) is 5.75 Å². The summed E-state index contributed by atoms with van der Waals surface area (Å²) in [5.41, 5.74) is 1.22. The summed E-state index contributed by atoms with van der Waals surface area (Å²) in [4.78, 5) is 7.39. The molecule has 0 spiro atoms. The third-order valence-electron chi connectivity index (χ3n) is 5.44. The maximum atomic E-state index is 5.77. The SMILES string of the molecule is CCNC(=NCC1CCN(CCOC)CC1)NC1CCOc2ccccc21. The van der Waals surface area contributed by atoms with Gasteiger partial charge in [-0.05, 0) is 44.8 Å². The molecule has 1 saturated heterocycles. The van der Waals surface area contributed by atoms with Crippen molar-refractivity contribution in [3.63, 3.8) is 0 Å². The quantitative estimate of drug-likeness (QED) is 0.567. The highest BCUT2D eigenvalue weighted by Crippen LogP contribution is 2.31. The predicted octanol–water partition coefficient (Wildman–Crippen LogP) is 2.42. The number of piperidine rings is 1. The van der Waals surface area contributed by atoms with Crippen LogP contribution in [0.15, 0.2) is 29.3 Å². The predicted molar refractivity (Wildman–Crippen MR) is 109 cm³/mol. The van der Waals surface area contributed by atoms with Gasteiger partial charge in [-0.25, -0.2) is 0 Å². The molecular weight excluding hydrogens is 340 g/mol. The van der Waals surface area contributed by atoms with Crippen molar-refractivity contribution in [2.45, 2.75) is 32.2 Å². The van der Waals surface area contributed by atoms with E-state index in [0.29, 0.717) is 5.92 Å². The molecule has 1 aromatic carbocycles. The van der Waals surface area contributed by atoms with Gasteiger partial charge in [-0.3, -0.25) is 4.99 Å². The third kappa shape index (κ3) is 5.84. The molecule has 1 aromatic rings. The number of fused-ring (bicyclic) bond motifs is 1. The first-order chi connectivity index (χ1) is 13.3. The highest BCUT2D eigenvalue weighted by Gasteiger charge is 2.22. The molecular formula is C21H34N4O2. The average Bonchev–Trinajstić information content (AvgIpc) is 2.71. The summed E-state index contributed by atoms with van der Waals surface area (Å²) < 4.78 is 11.0. The number of likely N-dealkylation sites (tertiary alicyclic amines) is 1. The fraction of sp³-hybridized carbons (Fsp3) is 0.667. The highest BCUT2D eigenvalue weighted by atomic mass is 16.5. The van der Waals surface area contributed by atoms with Gasteiger partial charge < -0.3 is 25.0 Å². The number of nitrogens with one attached hydrogen (secondary N) is 2. The zero-order chi connectivity index (χ0) is 18.9. The van der Waals surface area contributed by atoms with Gasteiger partial charge in [0, 0.05) is 38.7 Å². The summed E-state index contributed by atoms with van der Waals surface area (Å²) in [5.74, 6) is 2.57. The van der Waals surface area contributed by atoms with Crippen LogP contribution in [0.3, 0.4) is 0 Å². The smallest absolute Gasteiger partial charge is 0.191 e. The average molecular weight is 375 g/mol. The van der Waals surface area contributed by atoms with E-state index in [-0.39, 0.29) is 6.04 Å². The summed E-state index contributed by atoms with van der Waals surface area (Å²) >= 11 is 0. The molecule has 1 unspecified atom stereocenters. The molecule has 1 atom stereocenters. The number of methoxy groups -OCH3 is 1. The van der Waals surface area contributed by atoms with Crippen molar-refractivity contribution in [3.05, 3.63) is 29.8 Å². The molecule has 2 aliphatic heterocycles. The van der Waals surface area contributed by atoms with Crippen LogP contribution in [0.5, 0.6) is 5.75 Å². The minimum Gasteiger partial charge on any atom is -0.493 e. The fourth-order valence-corrected chi connectivity index (χ4v) is 3.81. The van der Waals surface area contributed by atoms with Crippen molar-refractivity contribution in [1.29, 1.82) is 0 Å². The first kappa shape index (κ1) is 20.0. The fourth-order valence-electron chi connectivity index (χ4n) is 3.81. The second-order valence-electron chi connectivity index (χ2n) is 7.37. The molecule has 3 rings (SSSR count). The van der Waals surface area contributed by atoms with Gasteiger partial charge in [-0.15, -0.1) is 0 Å². The van der Waals surface area contributed by atoms with Crippen LogP contribution in [0.25, 0.3) is 0 Å². The van der Waals surface area contributed by atoms with Gasteiger partial charge in [-0.1, -0.05) is 18.2 Å². The Morgan fingerprint density at radius 3 is 2.85 bits per heavy atom. The summed E-state index contributed by atoms with van der Waals surface area (Å²) in [6.45, 7) is 8.79. The number of guanidine groups is 1. The molecule has 150 valence electrons. The largest absolute Gasteiger partial charge is 0.493 e. The standard InChI is InChI=1S/C21H34N4O2/c1-3-22-21(23-16-17-8-11-25(12-9-17)13-15-26-2)24-19-10-14-27-20-7-5-4-6-18(19)20/h4-7,17,19H,3,8-16H2,1-2H3,(H2,22,23,24). The topological polar surface area (TPSA) is 58.1 Å². The Kier molecular flexibility index (Phi) is 7.78. The monoisotopic (exact) mass is 374 g/mol. The number of para-hydroxylation sites is 1. The number of rotatable bonds is 7. The molecule has 2 heterocycles. The number of aliphatic imine (C=N–C) groups is 1. The van der Waals surface area contributed by atoms with Gasteiger partial charge in [0.15, 0.2) is 5.96 Å². The van der Waals surface area contributed by atoms with Crippen LogP contribution in [0.1, 0.15) is 37.8 Å². The molecule has 0 amide bonds. The van der Waals surface area contributed by atoms with E-state index in [1.807, 2.05) is 12.1 Å². The van der Waals surface area contributed by atoms with E-state index in [0.717, 1.165) is 64.1 Å². The molecule has 0 bridgehead atoms. The van der Waals surface area contributed by atoms with Crippen molar-refractivity contribution in [3.8, 4) is 5.75 Å². The van der Waals surface area contributed by atoms with Gasteiger partial charge in [0.2, 0.25) is 0 Å². The maximum Gasteiger partial charge on any atom is 0.191 e. The van der Waals surface area contributed by atoms with Gasteiger partial charge in [0.05, 0.1) is 19.3 Å². The Labute approximate surface area is 163 Å². The molecule has 6 heteroatoms. The number of ether oxygens (including phenoxy) is 2. The van der Waals surface area contributed by atoms with E-state index in [9.17, 15) is 0 Å². The third-order valence-corrected chi connectivity index (χ3v) is 5.44. The summed E-state index contributed by atoms with van der Waals surface area (Å²) in [6.07, 6.45) is 3.39. The van der Waals surface area contributed by atoms with E-state index >= 15 is 0 Å². The lowest BCUT2D eigenvalue weighted by atomic mass is 9.97. The minimum absolute atomic E-state index is 0.253. The minimum atomic E-state index is 0.253. The molecule has 0 radical (unpaired) electrons. The molecule has 0 aliphatic carbocycles. The second-order valence-corrected chi connectivity index (χ2v) is 7.37. The van der Waals surface area contributed by atoms with Crippen molar-refractivity contribution < 1.29 is 9.47 Å². The Bertz CT molecular complexity index is 600. The molecule has 1 fully saturated rings. The van der Waals surface area contributed by atoms with Gasteiger partial charge in [-0.2, -0.15) is 0 Å². The van der Waals surface area contributed by atoms with E-state index in [1.165, 1.54) is 18.4 Å². The van der Waals surface area contributed by atoms with E-state index < -0.39 is 0 Å². The summed E-state index contributed by atoms with van der Waals surface area (Å²) in [7, 11) is 1.77. The summed E-state index contributed by atoms with van der Waals surface area (Å²) in [6, 6.07) is 8.54. The van der Waals surface area contributed by atoms with Crippen LogP contribution in [-0.4, -0.2) is 63.9 Å². The lowest BCUT2D eigenvalue weighted by Gasteiger charge is -2.31. The van der Waals surface area contributed by atoms with E-state index in [2.05, 4.69) is 34.6 Å². The van der Waals surface area contributed by atoms with Gasteiger partial charge >= 0.3 is 0 Å². The zero-order valence-electron chi connectivity index (χ0n) is 16.7. The Balaban J connectivity index is 1.53. The first-order valence-corrected chi connectivity index (χ1v) is 10.3. The Morgan fingerprint density at radius 1 is 1.26 bits per heavy atom. The van der Waals surface area contributed by atoms with Crippen LogP contribution in [0.2, 0.25) is 0 Å². The summed E-state index contributed by atoms with van der Waals surface area (Å²) in [5, 5.41) is 7.03. The van der Waals surface area contributed by atoms with Crippen molar-refractivity contribution in [2.75, 3.05) is 53.0 Å². The lowest BCUT2D eigenvalue weighted by molar-refractivity contribution is 0.121. The van der Waals surface area contributed by atoms with Crippen LogP contribution in [0, 0.1) is 5.92 Å².